The Morgan fingerprint density at radius 1 is 0.969 bits per heavy atom. The Hall–Kier alpha value is -3.87. The van der Waals surface area contributed by atoms with Gasteiger partial charge in [-0.05, 0) is 79.6 Å². The minimum atomic E-state index is -0.185. The molecule has 4 rings (SSSR count). The molecule has 32 heavy (non-hydrogen) atoms. The van der Waals surface area contributed by atoms with Crippen LogP contribution in [0.2, 0.25) is 0 Å². The van der Waals surface area contributed by atoms with Crippen molar-refractivity contribution in [1.82, 2.24) is 15.0 Å². The van der Waals surface area contributed by atoms with E-state index in [0.29, 0.717) is 23.4 Å². The second-order valence-corrected chi connectivity index (χ2v) is 7.52. The summed E-state index contributed by atoms with van der Waals surface area (Å²) in [6.45, 7) is 4.74. The van der Waals surface area contributed by atoms with Crippen molar-refractivity contribution in [3.05, 3.63) is 71.8 Å². The van der Waals surface area contributed by atoms with E-state index < -0.39 is 0 Å². The van der Waals surface area contributed by atoms with E-state index in [1.165, 1.54) is 0 Å². The molecule has 0 aliphatic rings. The van der Waals surface area contributed by atoms with E-state index in [9.17, 15) is 4.79 Å². The summed E-state index contributed by atoms with van der Waals surface area (Å²) in [5.74, 6) is 1.35. The highest BCUT2D eigenvalue weighted by molar-refractivity contribution is 6.05. The van der Waals surface area contributed by atoms with Crippen LogP contribution in [-0.4, -0.2) is 34.6 Å². The van der Waals surface area contributed by atoms with Crippen molar-refractivity contribution in [2.24, 2.45) is 0 Å². The molecule has 4 aromatic rings. The van der Waals surface area contributed by atoms with E-state index in [1.807, 2.05) is 55.5 Å². The van der Waals surface area contributed by atoms with Gasteiger partial charge in [0.1, 0.15) is 22.5 Å². The first-order chi connectivity index (χ1) is 15.6. The molecule has 0 saturated heterocycles. The summed E-state index contributed by atoms with van der Waals surface area (Å²) in [5.41, 5.74) is 4.45. The Balaban J connectivity index is 1.51. The van der Waals surface area contributed by atoms with Crippen LogP contribution in [0, 0.1) is 6.92 Å². The summed E-state index contributed by atoms with van der Waals surface area (Å²) in [6, 6.07) is 18.4. The van der Waals surface area contributed by atoms with Gasteiger partial charge in [0.15, 0.2) is 0 Å². The van der Waals surface area contributed by atoms with E-state index in [0.717, 1.165) is 41.1 Å². The highest BCUT2D eigenvalue weighted by Crippen LogP contribution is 2.24. The molecule has 7 heteroatoms. The Labute approximate surface area is 187 Å². The van der Waals surface area contributed by atoms with E-state index in [1.54, 1.807) is 24.0 Å². The van der Waals surface area contributed by atoms with Crippen LogP contribution in [0.3, 0.4) is 0 Å². The van der Waals surface area contributed by atoms with Gasteiger partial charge in [0.2, 0.25) is 0 Å². The number of anilines is 1. The third kappa shape index (κ3) is 4.72. The van der Waals surface area contributed by atoms with Gasteiger partial charge in [0.05, 0.1) is 19.4 Å². The van der Waals surface area contributed by atoms with Crippen LogP contribution in [0.25, 0.3) is 16.7 Å². The molecule has 0 saturated carbocycles. The third-order valence-electron chi connectivity index (χ3n) is 5.16. The molecule has 164 valence electrons. The van der Waals surface area contributed by atoms with Gasteiger partial charge in [-0.15, -0.1) is 10.2 Å². The van der Waals surface area contributed by atoms with Crippen LogP contribution in [0.1, 0.15) is 35.7 Å². The van der Waals surface area contributed by atoms with Gasteiger partial charge in [0.25, 0.3) is 5.91 Å². The van der Waals surface area contributed by atoms with Crippen molar-refractivity contribution in [3.8, 4) is 17.2 Å². The van der Waals surface area contributed by atoms with Crippen LogP contribution < -0.4 is 14.8 Å². The maximum atomic E-state index is 12.8. The maximum Gasteiger partial charge on any atom is 0.255 e. The van der Waals surface area contributed by atoms with E-state index in [4.69, 9.17) is 9.47 Å². The predicted octanol–water partition coefficient (Wildman–Crippen LogP) is 5.17. The number of rotatable bonds is 8. The topological polar surface area (TPSA) is 78.3 Å². The maximum absolute atomic E-state index is 12.8. The fourth-order valence-corrected chi connectivity index (χ4v) is 3.26. The van der Waals surface area contributed by atoms with E-state index >= 15 is 0 Å². The normalized spacial score (nSPS) is 10.8. The zero-order valence-corrected chi connectivity index (χ0v) is 18.5. The number of aryl methyl sites for hydroxylation is 1. The molecule has 3 aromatic carbocycles. The quantitative estimate of drug-likeness (QED) is 0.390. The fourth-order valence-electron chi connectivity index (χ4n) is 3.26. The number of ether oxygens (including phenoxy) is 2. The number of amides is 1. The lowest BCUT2D eigenvalue weighted by atomic mass is 10.1. The number of methoxy groups -OCH3 is 1. The second kappa shape index (κ2) is 9.51. The lowest BCUT2D eigenvalue weighted by Gasteiger charge is -2.09. The van der Waals surface area contributed by atoms with Gasteiger partial charge in [-0.2, -0.15) is 4.80 Å². The number of nitrogens with one attached hydrogen (secondary N) is 1. The first kappa shape index (κ1) is 21.4. The van der Waals surface area contributed by atoms with Crippen molar-refractivity contribution >= 4 is 22.6 Å². The number of unbranched alkanes of at least 4 members (excludes halogenated alkanes) is 1. The van der Waals surface area contributed by atoms with Gasteiger partial charge >= 0.3 is 0 Å². The standard InChI is InChI=1S/C25H26N4O3/c1-4-5-14-32-21-10-6-18(7-11-21)25(30)26-22-16-24-23(15-17(22)2)27-29(28-24)19-8-12-20(31-3)13-9-19/h6-13,15-16H,4-5,14H2,1-3H3,(H,26,30). The molecule has 1 N–H and O–H groups in total. The van der Waals surface area contributed by atoms with Gasteiger partial charge in [-0.1, -0.05) is 13.3 Å². The molecule has 1 amide bonds. The van der Waals surface area contributed by atoms with Crippen LogP contribution in [0.15, 0.2) is 60.7 Å². The van der Waals surface area contributed by atoms with Crippen LogP contribution in [0.4, 0.5) is 5.69 Å². The number of nitrogens with zero attached hydrogens (tertiary/aromatic N) is 3. The van der Waals surface area contributed by atoms with Crippen molar-refractivity contribution in [3.63, 3.8) is 0 Å². The number of aromatic nitrogens is 3. The van der Waals surface area contributed by atoms with Crippen molar-refractivity contribution in [2.75, 3.05) is 19.0 Å². The molecular formula is C25H26N4O3. The minimum absolute atomic E-state index is 0.185. The second-order valence-electron chi connectivity index (χ2n) is 7.52. The van der Waals surface area contributed by atoms with E-state index in [2.05, 4.69) is 22.4 Å². The number of hydrogen-bond donors (Lipinski definition) is 1. The Morgan fingerprint density at radius 2 is 1.62 bits per heavy atom. The first-order valence-electron chi connectivity index (χ1n) is 10.6. The molecule has 0 aliphatic carbocycles. The summed E-state index contributed by atoms with van der Waals surface area (Å²) in [6.07, 6.45) is 2.09. The SMILES string of the molecule is CCCCOc1ccc(C(=O)Nc2cc3nn(-c4ccc(OC)cc4)nc3cc2C)cc1. The Bertz CT molecular complexity index is 1210. The smallest absolute Gasteiger partial charge is 0.255 e. The molecule has 1 heterocycles. The molecule has 7 nitrogen and oxygen atoms in total. The van der Waals surface area contributed by atoms with Crippen molar-refractivity contribution < 1.29 is 14.3 Å². The number of carbonyl (C=O) groups is 1. The summed E-state index contributed by atoms with van der Waals surface area (Å²) in [5, 5.41) is 12.1. The van der Waals surface area contributed by atoms with E-state index in [-0.39, 0.29) is 5.91 Å². The van der Waals surface area contributed by atoms with Crippen molar-refractivity contribution in [2.45, 2.75) is 26.7 Å². The molecule has 0 atom stereocenters. The highest BCUT2D eigenvalue weighted by atomic mass is 16.5. The van der Waals surface area contributed by atoms with Crippen molar-refractivity contribution in [1.29, 1.82) is 0 Å². The summed E-state index contributed by atoms with van der Waals surface area (Å²) < 4.78 is 10.9. The minimum Gasteiger partial charge on any atom is -0.497 e. The summed E-state index contributed by atoms with van der Waals surface area (Å²) >= 11 is 0. The van der Waals surface area contributed by atoms with Gasteiger partial charge in [-0.3, -0.25) is 4.79 Å². The molecule has 0 bridgehead atoms. The number of fused-ring (bicyclic) bond motifs is 1. The van der Waals surface area contributed by atoms with Gasteiger partial charge in [0, 0.05) is 11.3 Å². The lowest BCUT2D eigenvalue weighted by Crippen LogP contribution is -2.12. The number of benzene rings is 3. The average molecular weight is 431 g/mol. The Morgan fingerprint density at radius 3 is 2.28 bits per heavy atom. The monoisotopic (exact) mass is 430 g/mol. The fraction of sp³-hybridized carbons (Fsp3) is 0.240. The molecule has 0 aliphatic heterocycles. The van der Waals surface area contributed by atoms with Crippen LogP contribution >= 0.6 is 0 Å². The molecule has 0 radical (unpaired) electrons. The molecule has 0 spiro atoms. The first-order valence-corrected chi connectivity index (χ1v) is 10.6. The van der Waals surface area contributed by atoms with Gasteiger partial charge in [-0.25, -0.2) is 0 Å². The van der Waals surface area contributed by atoms with Crippen LogP contribution in [0.5, 0.6) is 11.5 Å². The average Bonchev–Trinajstić information content (AvgIpc) is 3.22. The molecule has 0 fully saturated rings. The third-order valence-corrected chi connectivity index (χ3v) is 5.16. The van der Waals surface area contributed by atoms with Gasteiger partial charge < -0.3 is 14.8 Å². The zero-order chi connectivity index (χ0) is 22.5. The number of hydrogen-bond acceptors (Lipinski definition) is 5. The lowest BCUT2D eigenvalue weighted by molar-refractivity contribution is 0.102. The largest absolute Gasteiger partial charge is 0.497 e. The highest BCUT2D eigenvalue weighted by Gasteiger charge is 2.12. The Kier molecular flexibility index (Phi) is 6.35. The molecule has 1 aromatic heterocycles. The summed E-state index contributed by atoms with van der Waals surface area (Å²) in [7, 11) is 1.63. The zero-order valence-electron chi connectivity index (χ0n) is 18.5. The number of carbonyl (C=O) groups excluding carboxylic acids is 1. The molecular weight excluding hydrogens is 404 g/mol. The molecule has 0 unspecified atom stereocenters. The predicted molar refractivity (Wildman–Crippen MR) is 125 cm³/mol. The summed E-state index contributed by atoms with van der Waals surface area (Å²) in [4.78, 5) is 14.3. The van der Waals surface area contributed by atoms with Crippen LogP contribution in [-0.2, 0) is 0 Å².